The Morgan fingerprint density at radius 1 is 1.19 bits per heavy atom. The smallest absolute Gasteiger partial charge is 0.267 e. The molecular weight excluding hydrogens is 294 g/mol. The van der Waals surface area contributed by atoms with Gasteiger partial charge in [0.1, 0.15) is 0 Å². The lowest BCUT2D eigenvalue weighted by atomic mass is 10.2. The summed E-state index contributed by atoms with van der Waals surface area (Å²) in [6.07, 6.45) is 2.42. The molecule has 0 aliphatic rings. The van der Waals surface area contributed by atoms with Crippen LogP contribution >= 0.6 is 0 Å². The highest BCUT2D eigenvalue weighted by atomic mass is 32.2. The first-order chi connectivity index (χ1) is 9.95. The lowest BCUT2D eigenvalue weighted by Gasteiger charge is -2.11. The van der Waals surface area contributed by atoms with E-state index in [1.165, 1.54) is 25.4 Å². The quantitative estimate of drug-likeness (QED) is 0.766. The second-order valence-electron chi connectivity index (χ2n) is 4.10. The number of sulfonamides is 1. The van der Waals surface area contributed by atoms with E-state index in [-0.39, 0.29) is 11.3 Å². The Bertz CT molecular complexity index is 827. The second kappa shape index (κ2) is 5.80. The van der Waals surface area contributed by atoms with Gasteiger partial charge >= 0.3 is 0 Å². The molecule has 0 spiro atoms. The summed E-state index contributed by atoms with van der Waals surface area (Å²) >= 11 is 0. The molecule has 1 aromatic carbocycles. The van der Waals surface area contributed by atoms with Gasteiger partial charge in [0.2, 0.25) is 5.43 Å². The molecule has 0 aliphatic heterocycles. The molecule has 0 saturated heterocycles. The topological polar surface area (TPSA) is 108 Å². The molecule has 2 aromatic rings. The maximum absolute atomic E-state index is 12.2. The van der Waals surface area contributed by atoms with Crippen molar-refractivity contribution in [2.45, 2.75) is 4.90 Å². The first-order valence-electron chi connectivity index (χ1n) is 5.97. The summed E-state index contributed by atoms with van der Waals surface area (Å²) in [5.74, 6) is -0.435. The minimum Gasteiger partial charge on any atom is -0.366 e. The number of amides is 1. The first-order valence-corrected chi connectivity index (χ1v) is 7.45. The molecule has 110 valence electrons. The van der Waals surface area contributed by atoms with Crippen LogP contribution < -0.4 is 15.5 Å². The van der Waals surface area contributed by atoms with Crippen molar-refractivity contribution in [2.75, 3.05) is 11.8 Å². The highest BCUT2D eigenvalue weighted by Crippen LogP contribution is 2.18. The number of hydrogen-bond donors (Lipinski definition) is 3. The number of aromatic amines is 1. The summed E-state index contributed by atoms with van der Waals surface area (Å²) in [6, 6.07) is 7.22. The van der Waals surface area contributed by atoms with E-state index in [4.69, 9.17) is 0 Å². The normalized spacial score (nSPS) is 10.9. The van der Waals surface area contributed by atoms with E-state index in [1.54, 1.807) is 12.1 Å². The molecule has 0 radical (unpaired) electrons. The van der Waals surface area contributed by atoms with Crippen LogP contribution in [0.4, 0.5) is 5.69 Å². The molecule has 0 unspecified atom stereocenters. The van der Waals surface area contributed by atoms with Crippen molar-refractivity contribution in [3.8, 4) is 0 Å². The maximum atomic E-state index is 12.2. The largest absolute Gasteiger partial charge is 0.366 e. The number of hydrogen-bond acceptors (Lipinski definition) is 4. The van der Waals surface area contributed by atoms with Gasteiger partial charge < -0.3 is 10.3 Å². The van der Waals surface area contributed by atoms with Gasteiger partial charge in [0.15, 0.2) is 4.90 Å². The summed E-state index contributed by atoms with van der Waals surface area (Å²) < 4.78 is 26.7. The average molecular weight is 307 g/mol. The Hall–Kier alpha value is -2.61. The van der Waals surface area contributed by atoms with Crippen LogP contribution in [0.15, 0.2) is 52.4 Å². The number of aromatic nitrogens is 1. The van der Waals surface area contributed by atoms with Crippen LogP contribution in [0.2, 0.25) is 0 Å². The van der Waals surface area contributed by atoms with E-state index in [1.807, 2.05) is 0 Å². The highest BCUT2D eigenvalue weighted by molar-refractivity contribution is 7.92. The van der Waals surface area contributed by atoms with E-state index < -0.39 is 26.3 Å². The number of carbonyl (C=O) groups excluding carboxylic acids is 1. The van der Waals surface area contributed by atoms with Crippen molar-refractivity contribution < 1.29 is 13.2 Å². The molecule has 1 aromatic heterocycles. The fourth-order valence-corrected chi connectivity index (χ4v) is 2.85. The minimum atomic E-state index is -4.08. The number of nitrogens with one attached hydrogen (secondary N) is 3. The standard InChI is InChI=1S/C13H13N3O4S/c1-14-13(18)9-4-2-3-5-10(9)16-21(19,20)12-8-15-7-6-11(12)17/h2-8,16H,1H3,(H,14,18)(H,15,17). The number of pyridine rings is 1. The van der Waals surface area contributed by atoms with Gasteiger partial charge in [-0.05, 0) is 12.1 Å². The summed E-state index contributed by atoms with van der Waals surface area (Å²) in [7, 11) is -2.64. The van der Waals surface area contributed by atoms with Gasteiger partial charge in [0, 0.05) is 25.5 Å². The lowest BCUT2D eigenvalue weighted by molar-refractivity contribution is 0.0964. The van der Waals surface area contributed by atoms with Crippen molar-refractivity contribution in [3.63, 3.8) is 0 Å². The van der Waals surface area contributed by atoms with Crippen LogP contribution in [0.5, 0.6) is 0 Å². The number of carbonyl (C=O) groups is 1. The van der Waals surface area contributed by atoms with Gasteiger partial charge in [-0.3, -0.25) is 14.3 Å². The predicted octanol–water partition coefficient (Wildman–Crippen LogP) is 0.535. The van der Waals surface area contributed by atoms with Crippen LogP contribution in [-0.2, 0) is 10.0 Å². The van der Waals surface area contributed by atoms with Gasteiger partial charge in [-0.15, -0.1) is 0 Å². The zero-order valence-corrected chi connectivity index (χ0v) is 11.9. The molecule has 1 heterocycles. The van der Waals surface area contributed by atoms with Gasteiger partial charge in [0.25, 0.3) is 15.9 Å². The average Bonchev–Trinajstić information content (AvgIpc) is 2.47. The van der Waals surface area contributed by atoms with Crippen LogP contribution in [-0.4, -0.2) is 26.4 Å². The van der Waals surface area contributed by atoms with Gasteiger partial charge in [-0.25, -0.2) is 8.42 Å². The molecule has 0 fully saturated rings. The SMILES string of the molecule is CNC(=O)c1ccccc1NS(=O)(=O)c1c[nH]ccc1=O. The Labute approximate surface area is 121 Å². The Kier molecular flexibility index (Phi) is 4.08. The molecule has 0 aliphatic carbocycles. The van der Waals surface area contributed by atoms with E-state index in [0.29, 0.717) is 0 Å². The minimum absolute atomic E-state index is 0.0973. The monoisotopic (exact) mass is 307 g/mol. The molecule has 1 amide bonds. The molecule has 0 bridgehead atoms. The molecular formula is C13H13N3O4S. The number of benzene rings is 1. The highest BCUT2D eigenvalue weighted by Gasteiger charge is 2.20. The van der Waals surface area contributed by atoms with Crippen LogP contribution in [0.1, 0.15) is 10.4 Å². The molecule has 7 nitrogen and oxygen atoms in total. The zero-order chi connectivity index (χ0) is 15.5. The van der Waals surface area contributed by atoms with Crippen molar-refractivity contribution in [3.05, 3.63) is 58.5 Å². The van der Waals surface area contributed by atoms with Crippen molar-refractivity contribution >= 4 is 21.6 Å². The van der Waals surface area contributed by atoms with Gasteiger partial charge in [-0.2, -0.15) is 0 Å². The van der Waals surface area contributed by atoms with Gasteiger partial charge in [0.05, 0.1) is 11.3 Å². The van der Waals surface area contributed by atoms with Crippen molar-refractivity contribution in [1.82, 2.24) is 10.3 Å². The third kappa shape index (κ3) is 3.11. The number of rotatable bonds is 4. The third-order valence-corrected chi connectivity index (χ3v) is 4.11. The first kappa shape index (κ1) is 14.8. The fourth-order valence-electron chi connectivity index (χ4n) is 1.72. The van der Waals surface area contributed by atoms with E-state index in [2.05, 4.69) is 15.0 Å². The van der Waals surface area contributed by atoms with Crippen molar-refractivity contribution in [1.29, 1.82) is 0 Å². The van der Waals surface area contributed by atoms with E-state index in [9.17, 15) is 18.0 Å². The van der Waals surface area contributed by atoms with Crippen LogP contribution in [0, 0.1) is 0 Å². The number of H-pyrrole nitrogens is 1. The zero-order valence-electron chi connectivity index (χ0n) is 11.1. The maximum Gasteiger partial charge on any atom is 0.267 e. The van der Waals surface area contributed by atoms with Crippen molar-refractivity contribution in [2.24, 2.45) is 0 Å². The molecule has 2 rings (SSSR count). The summed E-state index contributed by atoms with van der Waals surface area (Å²) in [6.45, 7) is 0. The molecule has 21 heavy (non-hydrogen) atoms. The summed E-state index contributed by atoms with van der Waals surface area (Å²) in [5.41, 5.74) is -0.380. The second-order valence-corrected chi connectivity index (χ2v) is 5.75. The Morgan fingerprint density at radius 3 is 2.57 bits per heavy atom. The molecule has 0 atom stereocenters. The number of anilines is 1. The lowest BCUT2D eigenvalue weighted by Crippen LogP contribution is -2.24. The van der Waals surface area contributed by atoms with E-state index in [0.717, 1.165) is 12.3 Å². The molecule has 0 saturated carbocycles. The van der Waals surface area contributed by atoms with E-state index >= 15 is 0 Å². The van der Waals surface area contributed by atoms with Gasteiger partial charge in [-0.1, -0.05) is 12.1 Å². The van der Waals surface area contributed by atoms with Crippen LogP contribution in [0.3, 0.4) is 0 Å². The Balaban J connectivity index is 2.45. The Morgan fingerprint density at radius 2 is 1.90 bits per heavy atom. The predicted molar refractivity (Wildman–Crippen MR) is 77.7 cm³/mol. The van der Waals surface area contributed by atoms with Crippen LogP contribution in [0.25, 0.3) is 0 Å². The summed E-state index contributed by atoms with van der Waals surface area (Å²) in [4.78, 5) is 25.4. The summed E-state index contributed by atoms with van der Waals surface area (Å²) in [5, 5.41) is 2.42. The molecule has 3 N–H and O–H groups in total. The number of para-hydroxylation sites is 1. The fraction of sp³-hybridized carbons (Fsp3) is 0.0769. The molecule has 8 heteroatoms. The third-order valence-electron chi connectivity index (χ3n) is 2.72.